The summed E-state index contributed by atoms with van der Waals surface area (Å²) >= 11 is 12.3. The molecule has 0 aliphatic rings. The average molecular weight is 529 g/mol. The smallest absolute Gasteiger partial charge is 0.244 e. The average Bonchev–Trinajstić information content (AvgIpc) is 2.78. The summed E-state index contributed by atoms with van der Waals surface area (Å²) in [6, 6.07) is 11.2. The highest BCUT2D eigenvalue weighted by Gasteiger charge is 2.32. The molecular weight excluding hydrogens is 497 g/mol. The van der Waals surface area contributed by atoms with Gasteiger partial charge < -0.3 is 10.2 Å². The minimum absolute atomic E-state index is 0.101. The van der Waals surface area contributed by atoms with E-state index in [1.54, 1.807) is 0 Å². The number of amides is 2. The number of halogens is 2. The molecule has 2 aromatic carbocycles. The Labute approximate surface area is 212 Å². The van der Waals surface area contributed by atoms with Crippen LogP contribution in [0.15, 0.2) is 42.5 Å². The fraction of sp³-hybridized carbons (Fsp3) is 0.417. The highest BCUT2D eigenvalue weighted by molar-refractivity contribution is 7.92. The zero-order chi connectivity index (χ0) is 25.5. The molecule has 7 nitrogen and oxygen atoms in total. The van der Waals surface area contributed by atoms with Gasteiger partial charge in [0.15, 0.2) is 0 Å². The van der Waals surface area contributed by atoms with Gasteiger partial charge in [0.05, 0.1) is 17.0 Å². The van der Waals surface area contributed by atoms with Gasteiger partial charge in [0.2, 0.25) is 21.8 Å². The molecule has 0 aromatic heterocycles. The Hall–Kier alpha value is -2.29. The molecule has 2 aromatic rings. The number of nitrogens with zero attached hydrogens (tertiary/aromatic N) is 2. The summed E-state index contributed by atoms with van der Waals surface area (Å²) in [7, 11) is -3.89. The first-order chi connectivity index (χ1) is 16.0. The minimum atomic E-state index is -3.89. The summed E-state index contributed by atoms with van der Waals surface area (Å²) < 4.78 is 26.2. The van der Waals surface area contributed by atoms with Gasteiger partial charge in [-0.05, 0) is 49.1 Å². The Balaban J connectivity index is 2.48. The van der Waals surface area contributed by atoms with E-state index in [0.717, 1.165) is 28.1 Å². The molecule has 10 heteroatoms. The molecule has 186 valence electrons. The normalized spacial score (nSPS) is 12.2. The molecule has 2 amide bonds. The number of rotatable bonds is 11. The topological polar surface area (TPSA) is 86.8 Å². The van der Waals surface area contributed by atoms with E-state index < -0.39 is 28.5 Å². The van der Waals surface area contributed by atoms with Gasteiger partial charge in [0.25, 0.3) is 0 Å². The van der Waals surface area contributed by atoms with Gasteiger partial charge in [-0.1, -0.05) is 61.3 Å². The Morgan fingerprint density at radius 1 is 1.09 bits per heavy atom. The van der Waals surface area contributed by atoms with Gasteiger partial charge in [-0.3, -0.25) is 13.9 Å². The Bertz CT molecular complexity index is 1120. The van der Waals surface area contributed by atoms with E-state index in [1.807, 2.05) is 45.0 Å². The molecule has 0 heterocycles. The maximum absolute atomic E-state index is 13.6. The summed E-state index contributed by atoms with van der Waals surface area (Å²) in [6.07, 6.45) is 2.11. The SMILES string of the molecule is CCCNC(=O)[C@H](CC)N(Cc1ccccc1C)C(=O)CN(c1cc(Cl)ccc1Cl)S(C)(=O)=O. The molecule has 0 fully saturated rings. The van der Waals surface area contributed by atoms with E-state index in [-0.39, 0.29) is 28.2 Å². The van der Waals surface area contributed by atoms with Crippen LogP contribution in [0.5, 0.6) is 0 Å². The monoisotopic (exact) mass is 527 g/mol. The van der Waals surface area contributed by atoms with Crippen molar-refractivity contribution >= 4 is 50.7 Å². The third kappa shape index (κ3) is 7.35. The highest BCUT2D eigenvalue weighted by atomic mass is 35.5. The number of carbonyl (C=O) groups is 2. The molecular formula is C24H31Cl2N3O4S. The van der Waals surface area contributed by atoms with E-state index in [4.69, 9.17) is 23.2 Å². The Morgan fingerprint density at radius 2 is 1.76 bits per heavy atom. The van der Waals surface area contributed by atoms with Gasteiger partial charge in [0, 0.05) is 18.1 Å². The Kier molecular flexibility index (Phi) is 10.2. The Morgan fingerprint density at radius 3 is 2.35 bits per heavy atom. The van der Waals surface area contributed by atoms with Crippen LogP contribution in [0.4, 0.5) is 5.69 Å². The molecule has 1 N–H and O–H groups in total. The molecule has 2 rings (SSSR count). The van der Waals surface area contributed by atoms with Crippen LogP contribution in [0.3, 0.4) is 0 Å². The molecule has 1 atom stereocenters. The number of hydrogen-bond donors (Lipinski definition) is 1. The van der Waals surface area contributed by atoms with Crippen LogP contribution in [0, 0.1) is 6.92 Å². The fourth-order valence-electron chi connectivity index (χ4n) is 3.53. The summed E-state index contributed by atoms with van der Waals surface area (Å²) in [5.74, 6) is -0.804. The molecule has 0 saturated heterocycles. The van der Waals surface area contributed by atoms with Gasteiger partial charge >= 0.3 is 0 Å². The van der Waals surface area contributed by atoms with Gasteiger partial charge in [-0.2, -0.15) is 0 Å². The van der Waals surface area contributed by atoms with E-state index in [9.17, 15) is 18.0 Å². The molecule has 0 aliphatic carbocycles. The fourth-order valence-corrected chi connectivity index (χ4v) is 4.82. The number of aryl methyl sites for hydroxylation is 1. The van der Waals surface area contributed by atoms with Gasteiger partial charge in [0.1, 0.15) is 12.6 Å². The van der Waals surface area contributed by atoms with E-state index in [1.165, 1.54) is 23.1 Å². The zero-order valence-corrected chi connectivity index (χ0v) is 22.2. The first-order valence-electron chi connectivity index (χ1n) is 11.0. The molecule has 0 radical (unpaired) electrons. The van der Waals surface area contributed by atoms with Crippen LogP contribution in [-0.4, -0.2) is 50.5 Å². The second-order valence-electron chi connectivity index (χ2n) is 8.03. The molecule has 0 unspecified atom stereocenters. The summed E-state index contributed by atoms with van der Waals surface area (Å²) in [5.41, 5.74) is 1.93. The van der Waals surface area contributed by atoms with Crippen molar-refractivity contribution in [3.8, 4) is 0 Å². The van der Waals surface area contributed by atoms with E-state index in [2.05, 4.69) is 5.32 Å². The van der Waals surface area contributed by atoms with Crippen molar-refractivity contribution in [2.24, 2.45) is 0 Å². The zero-order valence-electron chi connectivity index (χ0n) is 19.8. The lowest BCUT2D eigenvalue weighted by Gasteiger charge is -2.33. The van der Waals surface area contributed by atoms with Crippen molar-refractivity contribution in [1.82, 2.24) is 10.2 Å². The summed E-state index contributed by atoms with van der Waals surface area (Å²) in [5, 5.41) is 3.27. The summed E-state index contributed by atoms with van der Waals surface area (Å²) in [6.45, 7) is 5.79. The van der Waals surface area contributed by atoms with Crippen LogP contribution in [0.25, 0.3) is 0 Å². The first kappa shape index (κ1) is 28.0. The number of hydrogen-bond acceptors (Lipinski definition) is 4. The third-order valence-electron chi connectivity index (χ3n) is 5.39. The maximum atomic E-state index is 13.6. The van der Waals surface area contributed by atoms with Crippen molar-refractivity contribution in [2.75, 3.05) is 23.7 Å². The molecule has 0 saturated carbocycles. The summed E-state index contributed by atoms with van der Waals surface area (Å²) in [4.78, 5) is 28.0. The predicted octanol–water partition coefficient (Wildman–Crippen LogP) is 4.40. The number of anilines is 1. The predicted molar refractivity (Wildman–Crippen MR) is 138 cm³/mol. The lowest BCUT2D eigenvalue weighted by atomic mass is 10.1. The standard InChI is InChI=1S/C24H31Cl2N3O4S/c1-5-13-27-24(31)21(6-2)28(15-18-10-8-7-9-17(18)3)23(30)16-29(34(4,32)33)22-14-19(25)11-12-20(22)26/h7-12,14,21H,5-6,13,15-16H2,1-4H3,(H,27,31)/t21-/m0/s1. The maximum Gasteiger partial charge on any atom is 0.244 e. The highest BCUT2D eigenvalue weighted by Crippen LogP contribution is 2.31. The molecule has 34 heavy (non-hydrogen) atoms. The quantitative estimate of drug-likeness (QED) is 0.469. The van der Waals surface area contributed by atoms with E-state index in [0.29, 0.717) is 13.0 Å². The van der Waals surface area contributed by atoms with Crippen molar-refractivity contribution in [2.45, 2.75) is 46.2 Å². The second-order valence-corrected chi connectivity index (χ2v) is 10.8. The number of sulfonamides is 1. The van der Waals surface area contributed by atoms with Gasteiger partial charge in [-0.15, -0.1) is 0 Å². The van der Waals surface area contributed by atoms with Crippen LogP contribution in [-0.2, 0) is 26.2 Å². The second kappa shape index (κ2) is 12.4. The first-order valence-corrected chi connectivity index (χ1v) is 13.6. The largest absolute Gasteiger partial charge is 0.354 e. The number of benzene rings is 2. The third-order valence-corrected chi connectivity index (χ3v) is 7.07. The molecule has 0 aliphatic heterocycles. The van der Waals surface area contributed by atoms with Crippen LogP contribution in [0.1, 0.15) is 37.8 Å². The lowest BCUT2D eigenvalue weighted by Crippen LogP contribution is -2.52. The van der Waals surface area contributed by atoms with Crippen LogP contribution < -0.4 is 9.62 Å². The number of nitrogens with one attached hydrogen (secondary N) is 1. The number of carbonyl (C=O) groups excluding carboxylic acids is 2. The van der Waals surface area contributed by atoms with Crippen molar-refractivity contribution in [3.63, 3.8) is 0 Å². The lowest BCUT2D eigenvalue weighted by molar-refractivity contribution is -0.140. The van der Waals surface area contributed by atoms with Gasteiger partial charge in [-0.25, -0.2) is 8.42 Å². The molecule has 0 bridgehead atoms. The molecule has 0 spiro atoms. The van der Waals surface area contributed by atoms with Crippen molar-refractivity contribution < 1.29 is 18.0 Å². The minimum Gasteiger partial charge on any atom is -0.354 e. The van der Waals surface area contributed by atoms with Crippen molar-refractivity contribution in [3.05, 3.63) is 63.6 Å². The van der Waals surface area contributed by atoms with Crippen molar-refractivity contribution in [1.29, 1.82) is 0 Å². The van der Waals surface area contributed by atoms with Crippen LogP contribution >= 0.6 is 23.2 Å². The van der Waals surface area contributed by atoms with Crippen LogP contribution in [0.2, 0.25) is 10.0 Å². The van der Waals surface area contributed by atoms with E-state index >= 15 is 0 Å².